The molecule has 1 aliphatic heterocycles. The van der Waals surface area contributed by atoms with Gasteiger partial charge in [-0.25, -0.2) is 18.6 Å². The Morgan fingerprint density at radius 1 is 1.18 bits per heavy atom. The standard InChI is InChI=1S/C20H24F2N4O2/c21-17(22)12-26-18(24-15-9-4-3-8-14(15)19(26)27)16-10-5-11-25(16)20(28)23-13-6-1-2-7-13/h3-4,8-9,13,16-17H,1-2,5-7,10-12H2,(H,23,28). The Kier molecular flexibility index (Phi) is 5.28. The van der Waals surface area contributed by atoms with Crippen LogP contribution >= 0.6 is 0 Å². The van der Waals surface area contributed by atoms with E-state index in [0.29, 0.717) is 23.9 Å². The van der Waals surface area contributed by atoms with Gasteiger partial charge in [-0.3, -0.25) is 9.36 Å². The molecule has 1 saturated carbocycles. The molecule has 1 unspecified atom stereocenters. The Labute approximate surface area is 161 Å². The van der Waals surface area contributed by atoms with E-state index in [0.717, 1.165) is 36.7 Å². The third-order valence-electron chi connectivity index (χ3n) is 5.71. The molecular formula is C20H24F2N4O2. The summed E-state index contributed by atoms with van der Waals surface area (Å²) < 4.78 is 27.5. The molecule has 28 heavy (non-hydrogen) atoms. The van der Waals surface area contributed by atoms with Crippen molar-refractivity contribution in [1.29, 1.82) is 0 Å². The molecular weight excluding hydrogens is 366 g/mol. The van der Waals surface area contributed by atoms with Crippen LogP contribution in [0.25, 0.3) is 10.9 Å². The largest absolute Gasteiger partial charge is 0.335 e. The van der Waals surface area contributed by atoms with Crippen LogP contribution in [0.4, 0.5) is 13.6 Å². The van der Waals surface area contributed by atoms with Gasteiger partial charge in [-0.1, -0.05) is 25.0 Å². The van der Waals surface area contributed by atoms with Crippen molar-refractivity contribution in [3.05, 3.63) is 40.4 Å². The van der Waals surface area contributed by atoms with Gasteiger partial charge < -0.3 is 10.2 Å². The highest BCUT2D eigenvalue weighted by Crippen LogP contribution is 2.32. The van der Waals surface area contributed by atoms with Crippen LogP contribution in [0.5, 0.6) is 0 Å². The number of alkyl halides is 2. The first-order valence-corrected chi connectivity index (χ1v) is 9.89. The topological polar surface area (TPSA) is 67.2 Å². The maximum absolute atomic E-state index is 13.2. The number of carbonyl (C=O) groups is 1. The van der Waals surface area contributed by atoms with E-state index in [-0.39, 0.29) is 17.9 Å². The minimum absolute atomic E-state index is 0.168. The van der Waals surface area contributed by atoms with Gasteiger partial charge in [0, 0.05) is 12.6 Å². The second-order valence-electron chi connectivity index (χ2n) is 7.58. The first-order valence-electron chi connectivity index (χ1n) is 9.89. The molecule has 6 nitrogen and oxygen atoms in total. The first kappa shape index (κ1) is 18.8. The van der Waals surface area contributed by atoms with Gasteiger partial charge >= 0.3 is 6.03 Å². The highest BCUT2D eigenvalue weighted by Gasteiger charge is 2.35. The van der Waals surface area contributed by atoms with Crippen molar-refractivity contribution in [3.8, 4) is 0 Å². The average Bonchev–Trinajstić information content (AvgIpc) is 3.35. The summed E-state index contributed by atoms with van der Waals surface area (Å²) in [6, 6.07) is 6.24. The van der Waals surface area contributed by atoms with Gasteiger partial charge in [0.25, 0.3) is 12.0 Å². The average molecular weight is 390 g/mol. The smallest absolute Gasteiger partial charge is 0.318 e. The molecule has 0 radical (unpaired) electrons. The summed E-state index contributed by atoms with van der Waals surface area (Å²) in [6.07, 6.45) is 2.82. The van der Waals surface area contributed by atoms with Crippen LogP contribution in [-0.2, 0) is 6.54 Å². The minimum atomic E-state index is -2.68. The molecule has 2 aliphatic rings. The van der Waals surface area contributed by atoms with Gasteiger partial charge in [0.2, 0.25) is 0 Å². The number of nitrogens with zero attached hydrogens (tertiary/aromatic N) is 3. The zero-order valence-electron chi connectivity index (χ0n) is 15.6. The van der Waals surface area contributed by atoms with E-state index in [2.05, 4.69) is 10.3 Å². The van der Waals surface area contributed by atoms with E-state index >= 15 is 0 Å². The SMILES string of the molecule is O=C(NC1CCCC1)N1CCCC1c1nc2ccccc2c(=O)n1CC(F)F. The minimum Gasteiger partial charge on any atom is -0.335 e. The predicted molar refractivity (Wildman–Crippen MR) is 101 cm³/mol. The van der Waals surface area contributed by atoms with Gasteiger partial charge in [0.15, 0.2) is 0 Å². The van der Waals surface area contributed by atoms with Crippen molar-refractivity contribution < 1.29 is 13.6 Å². The van der Waals surface area contributed by atoms with E-state index in [1.54, 1.807) is 29.2 Å². The molecule has 4 rings (SSSR count). The maximum atomic E-state index is 13.2. The molecule has 1 aromatic carbocycles. The Balaban J connectivity index is 1.71. The number of para-hydroxylation sites is 1. The first-order chi connectivity index (χ1) is 13.5. The molecule has 0 spiro atoms. The molecule has 1 N–H and O–H groups in total. The molecule has 1 aliphatic carbocycles. The third kappa shape index (κ3) is 3.59. The van der Waals surface area contributed by atoms with Crippen molar-refractivity contribution in [1.82, 2.24) is 19.8 Å². The second kappa shape index (κ2) is 7.85. The number of benzene rings is 1. The number of hydrogen-bond acceptors (Lipinski definition) is 3. The molecule has 2 aromatic rings. The van der Waals surface area contributed by atoms with Crippen molar-refractivity contribution in [3.63, 3.8) is 0 Å². The van der Waals surface area contributed by atoms with Crippen molar-refractivity contribution in [2.24, 2.45) is 0 Å². The molecule has 2 fully saturated rings. The number of amides is 2. The van der Waals surface area contributed by atoms with Gasteiger partial charge in [0.1, 0.15) is 5.82 Å². The zero-order chi connectivity index (χ0) is 19.7. The Bertz CT molecular complexity index is 924. The van der Waals surface area contributed by atoms with Crippen LogP contribution in [0, 0.1) is 0 Å². The summed E-state index contributed by atoms with van der Waals surface area (Å²) in [5.74, 6) is 0.253. The fourth-order valence-corrected chi connectivity index (χ4v) is 4.36. The normalized spacial score (nSPS) is 20.4. The van der Waals surface area contributed by atoms with Gasteiger partial charge in [-0.15, -0.1) is 0 Å². The molecule has 1 atom stereocenters. The molecule has 2 heterocycles. The van der Waals surface area contributed by atoms with E-state index in [9.17, 15) is 18.4 Å². The van der Waals surface area contributed by atoms with Gasteiger partial charge in [0.05, 0.1) is 23.5 Å². The summed E-state index contributed by atoms with van der Waals surface area (Å²) in [7, 11) is 0. The lowest BCUT2D eigenvalue weighted by Crippen LogP contribution is -2.45. The molecule has 0 bridgehead atoms. The monoisotopic (exact) mass is 390 g/mol. The van der Waals surface area contributed by atoms with Crippen LogP contribution in [0.15, 0.2) is 29.1 Å². The molecule has 150 valence electrons. The Morgan fingerprint density at radius 3 is 2.68 bits per heavy atom. The summed E-state index contributed by atoms with van der Waals surface area (Å²) in [5, 5.41) is 3.37. The number of hydrogen-bond donors (Lipinski definition) is 1. The molecule has 1 aromatic heterocycles. The Hall–Kier alpha value is -2.51. The fourth-order valence-electron chi connectivity index (χ4n) is 4.36. The van der Waals surface area contributed by atoms with Crippen LogP contribution in [0.1, 0.15) is 50.4 Å². The lowest BCUT2D eigenvalue weighted by Gasteiger charge is -2.28. The highest BCUT2D eigenvalue weighted by molar-refractivity contribution is 5.78. The summed E-state index contributed by atoms with van der Waals surface area (Å²) in [6.45, 7) is -0.193. The fraction of sp³-hybridized carbons (Fsp3) is 0.550. The van der Waals surface area contributed by atoms with Crippen LogP contribution in [-0.4, -0.2) is 39.5 Å². The van der Waals surface area contributed by atoms with Crippen molar-refractivity contribution >= 4 is 16.9 Å². The van der Waals surface area contributed by atoms with E-state index in [4.69, 9.17) is 0 Å². The van der Waals surface area contributed by atoms with Gasteiger partial charge in [-0.2, -0.15) is 0 Å². The van der Waals surface area contributed by atoms with Crippen molar-refractivity contribution in [2.75, 3.05) is 6.54 Å². The second-order valence-corrected chi connectivity index (χ2v) is 7.58. The third-order valence-corrected chi connectivity index (χ3v) is 5.71. The number of urea groups is 1. The number of fused-ring (bicyclic) bond motifs is 1. The number of aromatic nitrogens is 2. The van der Waals surface area contributed by atoms with E-state index < -0.39 is 24.6 Å². The number of nitrogens with one attached hydrogen (secondary N) is 1. The molecule has 8 heteroatoms. The Morgan fingerprint density at radius 2 is 1.93 bits per heavy atom. The van der Waals surface area contributed by atoms with Crippen LogP contribution in [0.3, 0.4) is 0 Å². The summed E-state index contributed by atoms with van der Waals surface area (Å²) in [5.41, 5.74) is -0.0139. The van der Waals surface area contributed by atoms with E-state index in [1.165, 1.54) is 0 Å². The summed E-state index contributed by atoms with van der Waals surface area (Å²) >= 11 is 0. The number of halogens is 2. The van der Waals surface area contributed by atoms with Crippen LogP contribution in [0.2, 0.25) is 0 Å². The van der Waals surface area contributed by atoms with Crippen molar-refractivity contribution in [2.45, 2.75) is 63.6 Å². The molecule has 1 saturated heterocycles. The zero-order valence-corrected chi connectivity index (χ0v) is 15.6. The van der Waals surface area contributed by atoms with E-state index in [1.807, 2.05) is 0 Å². The number of rotatable bonds is 4. The molecule has 2 amide bonds. The number of likely N-dealkylation sites (tertiary alicyclic amines) is 1. The lowest BCUT2D eigenvalue weighted by molar-refractivity contribution is 0.121. The number of carbonyl (C=O) groups excluding carboxylic acids is 1. The summed E-state index contributed by atoms with van der Waals surface area (Å²) in [4.78, 5) is 31.9. The lowest BCUT2D eigenvalue weighted by atomic mass is 10.1. The maximum Gasteiger partial charge on any atom is 0.318 e. The predicted octanol–water partition coefficient (Wildman–Crippen LogP) is 3.45. The van der Waals surface area contributed by atoms with Gasteiger partial charge in [-0.05, 0) is 37.8 Å². The quantitative estimate of drug-likeness (QED) is 0.870. The highest BCUT2D eigenvalue weighted by atomic mass is 19.3. The van der Waals surface area contributed by atoms with Crippen LogP contribution < -0.4 is 10.9 Å².